The van der Waals surface area contributed by atoms with E-state index in [1.54, 1.807) is 12.1 Å². The Balaban J connectivity index is 2.11. The minimum atomic E-state index is -0.529. The molecule has 0 radical (unpaired) electrons. The first-order valence-electron chi connectivity index (χ1n) is 5.75. The molecule has 0 spiro atoms. The summed E-state index contributed by atoms with van der Waals surface area (Å²) in [6, 6.07) is 13.2. The van der Waals surface area contributed by atoms with Crippen LogP contribution in [0.25, 0.3) is 0 Å². The normalized spacial score (nSPS) is 9.95. The highest BCUT2D eigenvalue weighted by atomic mass is 16.5. The molecule has 0 aliphatic rings. The van der Waals surface area contributed by atoms with E-state index in [9.17, 15) is 9.59 Å². The number of carbonyl (C=O) groups is 2. The molecular formula is C15H13NO3. The van der Waals surface area contributed by atoms with Gasteiger partial charge in [0.15, 0.2) is 0 Å². The largest absolute Gasteiger partial charge is 0.423 e. The van der Waals surface area contributed by atoms with Gasteiger partial charge in [0.1, 0.15) is 5.75 Å². The third-order valence-electron chi connectivity index (χ3n) is 2.64. The quantitative estimate of drug-likeness (QED) is 0.676. The maximum absolute atomic E-state index is 11.8. The highest BCUT2D eigenvalue weighted by Crippen LogP contribution is 2.14. The number of carbonyl (C=O) groups excluding carboxylic acids is 2. The SMILES string of the molecule is Cc1ccc(OC(=O)c2ccc(C(N)=O)cc2)cc1. The molecule has 0 unspecified atom stereocenters. The van der Waals surface area contributed by atoms with Crippen LogP contribution in [0.15, 0.2) is 48.5 Å². The molecule has 2 aromatic rings. The molecule has 4 heteroatoms. The van der Waals surface area contributed by atoms with Crippen molar-refractivity contribution in [3.8, 4) is 5.75 Å². The fraction of sp³-hybridized carbons (Fsp3) is 0.0667. The molecule has 0 saturated heterocycles. The van der Waals surface area contributed by atoms with Crippen molar-refractivity contribution in [2.75, 3.05) is 0 Å². The summed E-state index contributed by atoms with van der Waals surface area (Å²) in [6.07, 6.45) is 0. The van der Waals surface area contributed by atoms with Gasteiger partial charge in [0.05, 0.1) is 5.56 Å². The maximum Gasteiger partial charge on any atom is 0.343 e. The zero-order valence-electron chi connectivity index (χ0n) is 10.4. The van der Waals surface area contributed by atoms with Crippen molar-refractivity contribution in [3.05, 3.63) is 65.2 Å². The average Bonchev–Trinajstić information content (AvgIpc) is 2.41. The summed E-state index contributed by atoms with van der Waals surface area (Å²) in [7, 11) is 0. The van der Waals surface area contributed by atoms with Gasteiger partial charge >= 0.3 is 5.97 Å². The molecule has 0 bridgehead atoms. The van der Waals surface area contributed by atoms with E-state index in [0.717, 1.165) is 5.56 Å². The van der Waals surface area contributed by atoms with Crippen molar-refractivity contribution >= 4 is 11.9 Å². The maximum atomic E-state index is 11.8. The van der Waals surface area contributed by atoms with Crippen molar-refractivity contribution in [2.24, 2.45) is 5.73 Å². The third-order valence-corrected chi connectivity index (χ3v) is 2.64. The predicted octanol–water partition coefficient (Wildman–Crippen LogP) is 2.31. The first-order valence-corrected chi connectivity index (χ1v) is 5.75. The molecule has 0 saturated carbocycles. The molecule has 2 aromatic carbocycles. The summed E-state index contributed by atoms with van der Waals surface area (Å²) >= 11 is 0. The number of amides is 1. The molecule has 0 aromatic heterocycles. The Labute approximate surface area is 110 Å². The monoisotopic (exact) mass is 255 g/mol. The van der Waals surface area contributed by atoms with Gasteiger partial charge in [0.25, 0.3) is 0 Å². The van der Waals surface area contributed by atoms with Gasteiger partial charge in [-0.1, -0.05) is 17.7 Å². The zero-order chi connectivity index (χ0) is 13.8. The van der Waals surface area contributed by atoms with Crippen LogP contribution >= 0.6 is 0 Å². The Morgan fingerprint density at radius 3 is 1.95 bits per heavy atom. The van der Waals surface area contributed by atoms with E-state index in [-0.39, 0.29) is 0 Å². The fourth-order valence-corrected chi connectivity index (χ4v) is 1.54. The van der Waals surface area contributed by atoms with Crippen LogP contribution in [-0.4, -0.2) is 11.9 Å². The van der Waals surface area contributed by atoms with E-state index in [4.69, 9.17) is 10.5 Å². The number of nitrogens with two attached hydrogens (primary N) is 1. The fourth-order valence-electron chi connectivity index (χ4n) is 1.54. The van der Waals surface area contributed by atoms with Gasteiger partial charge in [0, 0.05) is 5.56 Å². The zero-order valence-corrected chi connectivity index (χ0v) is 10.4. The van der Waals surface area contributed by atoms with Crippen LogP contribution in [0.3, 0.4) is 0 Å². The second-order valence-electron chi connectivity index (χ2n) is 4.14. The molecule has 19 heavy (non-hydrogen) atoms. The molecule has 96 valence electrons. The minimum Gasteiger partial charge on any atom is -0.423 e. The Bertz CT molecular complexity index is 600. The van der Waals surface area contributed by atoms with Crippen LogP contribution in [0, 0.1) is 6.92 Å². The van der Waals surface area contributed by atoms with E-state index >= 15 is 0 Å². The number of hydrogen-bond acceptors (Lipinski definition) is 3. The van der Waals surface area contributed by atoms with Crippen LogP contribution in [0.4, 0.5) is 0 Å². The van der Waals surface area contributed by atoms with E-state index < -0.39 is 11.9 Å². The second-order valence-corrected chi connectivity index (χ2v) is 4.14. The molecule has 0 aliphatic heterocycles. The molecule has 1 amide bonds. The lowest BCUT2D eigenvalue weighted by Crippen LogP contribution is -2.12. The van der Waals surface area contributed by atoms with Gasteiger partial charge in [-0.05, 0) is 43.3 Å². The Morgan fingerprint density at radius 2 is 1.42 bits per heavy atom. The molecule has 2 rings (SSSR count). The molecule has 0 aliphatic carbocycles. The minimum absolute atomic E-state index is 0.354. The summed E-state index contributed by atoms with van der Waals surface area (Å²) in [6.45, 7) is 1.95. The Morgan fingerprint density at radius 1 is 0.895 bits per heavy atom. The standard InChI is InChI=1S/C15H13NO3/c1-10-2-8-13(9-3-10)19-15(18)12-6-4-11(5-7-12)14(16)17/h2-9H,1H3,(H2,16,17). The lowest BCUT2D eigenvalue weighted by molar-refractivity contribution is 0.0734. The van der Waals surface area contributed by atoms with Gasteiger partial charge in [0.2, 0.25) is 5.91 Å². The lowest BCUT2D eigenvalue weighted by atomic mass is 10.1. The molecule has 2 N–H and O–H groups in total. The average molecular weight is 255 g/mol. The summed E-state index contributed by atoms with van der Waals surface area (Å²) in [4.78, 5) is 22.8. The molecule has 4 nitrogen and oxygen atoms in total. The van der Waals surface area contributed by atoms with Crippen LogP contribution in [0.1, 0.15) is 26.3 Å². The molecule has 0 heterocycles. The van der Waals surface area contributed by atoms with Crippen molar-refractivity contribution in [2.45, 2.75) is 6.92 Å². The number of hydrogen-bond donors (Lipinski definition) is 1. The van der Waals surface area contributed by atoms with Crippen molar-refractivity contribution < 1.29 is 14.3 Å². The number of esters is 1. The topological polar surface area (TPSA) is 69.4 Å². The van der Waals surface area contributed by atoms with E-state index in [0.29, 0.717) is 16.9 Å². The number of benzene rings is 2. The van der Waals surface area contributed by atoms with Gasteiger partial charge in [-0.2, -0.15) is 0 Å². The highest BCUT2D eigenvalue weighted by molar-refractivity contribution is 5.95. The van der Waals surface area contributed by atoms with Gasteiger partial charge < -0.3 is 10.5 Å². The summed E-state index contributed by atoms with van der Waals surface area (Å²) in [5, 5.41) is 0. The van der Waals surface area contributed by atoms with Crippen LogP contribution in [0.5, 0.6) is 5.75 Å². The highest BCUT2D eigenvalue weighted by Gasteiger charge is 2.09. The molecule has 0 atom stereocenters. The third kappa shape index (κ3) is 3.19. The second kappa shape index (κ2) is 5.35. The summed E-state index contributed by atoms with van der Waals surface area (Å²) < 4.78 is 5.20. The predicted molar refractivity (Wildman–Crippen MR) is 71.1 cm³/mol. The van der Waals surface area contributed by atoms with E-state index in [1.165, 1.54) is 24.3 Å². The smallest absolute Gasteiger partial charge is 0.343 e. The molecular weight excluding hydrogens is 242 g/mol. The first-order chi connectivity index (χ1) is 9.06. The van der Waals surface area contributed by atoms with Crippen molar-refractivity contribution in [1.82, 2.24) is 0 Å². The van der Waals surface area contributed by atoms with Crippen LogP contribution in [0.2, 0.25) is 0 Å². The Kier molecular flexibility index (Phi) is 3.61. The van der Waals surface area contributed by atoms with Crippen molar-refractivity contribution in [3.63, 3.8) is 0 Å². The van der Waals surface area contributed by atoms with Gasteiger partial charge in [-0.25, -0.2) is 4.79 Å². The summed E-state index contributed by atoms with van der Waals surface area (Å²) in [5.74, 6) is -0.520. The van der Waals surface area contributed by atoms with Crippen molar-refractivity contribution in [1.29, 1.82) is 0 Å². The van der Waals surface area contributed by atoms with Gasteiger partial charge in [-0.15, -0.1) is 0 Å². The number of ether oxygens (including phenoxy) is 1. The number of aryl methyl sites for hydroxylation is 1. The number of rotatable bonds is 3. The first kappa shape index (κ1) is 12.8. The van der Waals surface area contributed by atoms with E-state index in [1.807, 2.05) is 19.1 Å². The summed E-state index contributed by atoms with van der Waals surface area (Å²) in [5.41, 5.74) is 6.93. The lowest BCUT2D eigenvalue weighted by Gasteiger charge is -2.05. The number of primary amides is 1. The molecule has 0 fully saturated rings. The van der Waals surface area contributed by atoms with Crippen LogP contribution in [-0.2, 0) is 0 Å². The Hall–Kier alpha value is -2.62. The van der Waals surface area contributed by atoms with Gasteiger partial charge in [-0.3, -0.25) is 4.79 Å². The van der Waals surface area contributed by atoms with Crippen LogP contribution < -0.4 is 10.5 Å². The van der Waals surface area contributed by atoms with E-state index in [2.05, 4.69) is 0 Å².